The summed E-state index contributed by atoms with van der Waals surface area (Å²) in [6, 6.07) is 17.4. The topological polar surface area (TPSA) is 49.4 Å². The number of amides is 2. The predicted octanol–water partition coefficient (Wildman–Crippen LogP) is 5.11. The number of rotatable bonds is 6. The molecule has 1 atom stereocenters. The number of halogens is 1. The van der Waals surface area contributed by atoms with Gasteiger partial charge in [0.05, 0.1) is 6.04 Å². The second-order valence-corrected chi connectivity index (χ2v) is 8.56. The molecule has 4 nitrogen and oxygen atoms in total. The van der Waals surface area contributed by atoms with Crippen LogP contribution in [0.15, 0.2) is 60.7 Å². The van der Waals surface area contributed by atoms with E-state index in [-0.39, 0.29) is 29.7 Å². The standard InChI is InChI=1S/C25H29ClN2O2/c1-18(2)24(20-9-11-22(26)12-10-20)27-25(30)21-14-16-28(17-15-21)23(29)13-8-19-6-4-3-5-7-19/h3-13,18,21,24H,14-17H2,1-2H3,(H,27,30)/b13-8+. The number of nitrogens with one attached hydrogen (secondary N) is 1. The van der Waals surface area contributed by atoms with Crippen molar-refractivity contribution < 1.29 is 9.59 Å². The summed E-state index contributed by atoms with van der Waals surface area (Å²) in [5.74, 6) is 0.259. The lowest BCUT2D eigenvalue weighted by Gasteiger charge is -2.32. The Balaban J connectivity index is 1.53. The van der Waals surface area contributed by atoms with Gasteiger partial charge in [0.1, 0.15) is 0 Å². The highest BCUT2D eigenvalue weighted by molar-refractivity contribution is 6.30. The van der Waals surface area contributed by atoms with Crippen LogP contribution in [0.2, 0.25) is 5.02 Å². The lowest BCUT2D eigenvalue weighted by atomic mass is 9.92. The first-order valence-corrected chi connectivity index (χ1v) is 10.9. The molecular weight excluding hydrogens is 396 g/mol. The summed E-state index contributed by atoms with van der Waals surface area (Å²) in [7, 11) is 0. The third kappa shape index (κ3) is 5.96. The molecule has 1 unspecified atom stereocenters. The summed E-state index contributed by atoms with van der Waals surface area (Å²) in [6.07, 6.45) is 4.82. The minimum absolute atomic E-state index is 0.000988. The van der Waals surface area contributed by atoms with E-state index in [4.69, 9.17) is 11.6 Å². The van der Waals surface area contributed by atoms with Gasteiger partial charge in [-0.2, -0.15) is 0 Å². The molecule has 0 saturated carbocycles. The molecule has 5 heteroatoms. The summed E-state index contributed by atoms with van der Waals surface area (Å²) < 4.78 is 0. The number of nitrogens with zero attached hydrogens (tertiary/aromatic N) is 1. The van der Waals surface area contributed by atoms with E-state index in [1.165, 1.54) is 0 Å². The minimum Gasteiger partial charge on any atom is -0.349 e. The van der Waals surface area contributed by atoms with Gasteiger partial charge in [-0.3, -0.25) is 9.59 Å². The van der Waals surface area contributed by atoms with Gasteiger partial charge in [0.15, 0.2) is 0 Å². The van der Waals surface area contributed by atoms with Crippen LogP contribution in [-0.4, -0.2) is 29.8 Å². The molecule has 2 aromatic carbocycles. The molecule has 158 valence electrons. The fraction of sp³-hybridized carbons (Fsp3) is 0.360. The van der Waals surface area contributed by atoms with Gasteiger partial charge < -0.3 is 10.2 Å². The number of carbonyl (C=O) groups is 2. The van der Waals surface area contributed by atoms with Crippen LogP contribution in [0.5, 0.6) is 0 Å². The molecule has 1 fully saturated rings. The fourth-order valence-corrected chi connectivity index (χ4v) is 3.90. The van der Waals surface area contributed by atoms with Crippen molar-refractivity contribution in [2.45, 2.75) is 32.7 Å². The first kappa shape index (κ1) is 22.1. The molecular formula is C25H29ClN2O2. The van der Waals surface area contributed by atoms with Gasteiger partial charge in [-0.15, -0.1) is 0 Å². The van der Waals surface area contributed by atoms with Crippen LogP contribution in [0.4, 0.5) is 0 Å². The highest BCUT2D eigenvalue weighted by Gasteiger charge is 2.29. The Hall–Kier alpha value is -2.59. The van der Waals surface area contributed by atoms with E-state index < -0.39 is 0 Å². The van der Waals surface area contributed by atoms with Crippen molar-refractivity contribution in [2.75, 3.05) is 13.1 Å². The first-order chi connectivity index (χ1) is 14.4. The molecule has 0 bridgehead atoms. The van der Waals surface area contributed by atoms with Gasteiger partial charge >= 0.3 is 0 Å². The van der Waals surface area contributed by atoms with Gasteiger partial charge in [0, 0.05) is 30.1 Å². The average Bonchev–Trinajstić information content (AvgIpc) is 2.77. The maximum Gasteiger partial charge on any atom is 0.246 e. The molecule has 1 heterocycles. The Morgan fingerprint density at radius 1 is 1.03 bits per heavy atom. The number of hydrogen-bond donors (Lipinski definition) is 1. The number of piperidine rings is 1. The van der Waals surface area contributed by atoms with E-state index in [0.717, 1.165) is 11.1 Å². The van der Waals surface area contributed by atoms with E-state index in [1.54, 1.807) is 6.08 Å². The van der Waals surface area contributed by atoms with Crippen molar-refractivity contribution in [3.8, 4) is 0 Å². The van der Waals surface area contributed by atoms with Crippen molar-refractivity contribution in [1.82, 2.24) is 10.2 Å². The molecule has 0 spiro atoms. The van der Waals surface area contributed by atoms with Gasteiger partial charge in [-0.1, -0.05) is 67.9 Å². The second-order valence-electron chi connectivity index (χ2n) is 8.13. The van der Waals surface area contributed by atoms with Crippen molar-refractivity contribution in [3.63, 3.8) is 0 Å². The van der Waals surface area contributed by atoms with Crippen molar-refractivity contribution in [3.05, 3.63) is 76.8 Å². The van der Waals surface area contributed by atoms with E-state index in [0.29, 0.717) is 31.0 Å². The molecule has 3 rings (SSSR count). The number of likely N-dealkylation sites (tertiary alicyclic amines) is 1. The highest BCUT2D eigenvalue weighted by atomic mass is 35.5. The lowest BCUT2D eigenvalue weighted by molar-refractivity contribution is -0.132. The molecule has 1 aliphatic rings. The Labute approximate surface area is 183 Å². The van der Waals surface area contributed by atoms with E-state index in [1.807, 2.05) is 65.6 Å². The Morgan fingerprint density at radius 2 is 1.67 bits per heavy atom. The smallest absolute Gasteiger partial charge is 0.246 e. The summed E-state index contributed by atoms with van der Waals surface area (Å²) >= 11 is 6.00. The van der Waals surface area contributed by atoms with E-state index >= 15 is 0 Å². The summed E-state index contributed by atoms with van der Waals surface area (Å²) in [4.78, 5) is 27.2. The van der Waals surface area contributed by atoms with Crippen LogP contribution in [0.1, 0.15) is 43.9 Å². The van der Waals surface area contributed by atoms with Crippen LogP contribution in [0.3, 0.4) is 0 Å². The summed E-state index contributed by atoms with van der Waals surface area (Å²) in [5.41, 5.74) is 2.06. The molecule has 0 radical (unpaired) electrons. The van der Waals surface area contributed by atoms with Crippen molar-refractivity contribution in [1.29, 1.82) is 0 Å². The molecule has 2 aromatic rings. The van der Waals surface area contributed by atoms with Crippen LogP contribution in [-0.2, 0) is 9.59 Å². The molecule has 0 aliphatic carbocycles. The van der Waals surface area contributed by atoms with Gasteiger partial charge in [0.25, 0.3) is 0 Å². The molecule has 1 N–H and O–H groups in total. The largest absolute Gasteiger partial charge is 0.349 e. The molecule has 30 heavy (non-hydrogen) atoms. The Bertz CT molecular complexity index is 870. The third-order valence-electron chi connectivity index (χ3n) is 5.59. The highest BCUT2D eigenvalue weighted by Crippen LogP contribution is 2.25. The number of hydrogen-bond acceptors (Lipinski definition) is 2. The van der Waals surface area contributed by atoms with Crippen molar-refractivity contribution >= 4 is 29.5 Å². The maximum absolute atomic E-state index is 12.9. The van der Waals surface area contributed by atoms with E-state index in [9.17, 15) is 9.59 Å². The first-order valence-electron chi connectivity index (χ1n) is 10.5. The summed E-state index contributed by atoms with van der Waals surface area (Å²) in [5, 5.41) is 3.90. The zero-order valence-corrected chi connectivity index (χ0v) is 18.3. The fourth-order valence-electron chi connectivity index (χ4n) is 3.78. The monoisotopic (exact) mass is 424 g/mol. The van der Waals surface area contributed by atoms with Gasteiger partial charge in [-0.25, -0.2) is 0 Å². The van der Waals surface area contributed by atoms with Crippen LogP contribution in [0, 0.1) is 11.8 Å². The molecule has 2 amide bonds. The van der Waals surface area contributed by atoms with Crippen LogP contribution >= 0.6 is 11.6 Å². The molecule has 1 saturated heterocycles. The SMILES string of the molecule is CC(C)C(NC(=O)C1CCN(C(=O)/C=C/c2ccccc2)CC1)c1ccc(Cl)cc1. The summed E-state index contributed by atoms with van der Waals surface area (Å²) in [6.45, 7) is 5.40. The quantitative estimate of drug-likeness (QED) is 0.655. The van der Waals surface area contributed by atoms with Crippen molar-refractivity contribution in [2.24, 2.45) is 11.8 Å². The van der Waals surface area contributed by atoms with Gasteiger partial charge in [0.2, 0.25) is 11.8 Å². The minimum atomic E-state index is -0.0688. The molecule has 0 aromatic heterocycles. The van der Waals surface area contributed by atoms with Gasteiger partial charge in [-0.05, 0) is 48.1 Å². The predicted molar refractivity (Wildman–Crippen MR) is 122 cm³/mol. The van der Waals surface area contributed by atoms with E-state index in [2.05, 4.69) is 19.2 Å². The molecule has 1 aliphatic heterocycles. The second kappa shape index (κ2) is 10.4. The Morgan fingerprint density at radius 3 is 2.27 bits per heavy atom. The normalized spacial score (nSPS) is 16.1. The third-order valence-corrected chi connectivity index (χ3v) is 5.84. The maximum atomic E-state index is 12.9. The zero-order valence-electron chi connectivity index (χ0n) is 17.6. The zero-order chi connectivity index (χ0) is 21.5. The van der Waals surface area contributed by atoms with Crippen LogP contribution in [0.25, 0.3) is 6.08 Å². The van der Waals surface area contributed by atoms with Crippen LogP contribution < -0.4 is 5.32 Å². The Kier molecular flexibility index (Phi) is 7.69. The lowest BCUT2D eigenvalue weighted by Crippen LogP contribution is -2.43. The average molecular weight is 425 g/mol. The number of benzene rings is 2. The number of carbonyl (C=O) groups excluding carboxylic acids is 2.